The number of rotatable bonds is 5. The van der Waals surface area contributed by atoms with E-state index < -0.39 is 5.41 Å². The second-order valence-corrected chi connectivity index (χ2v) is 8.62. The quantitative estimate of drug-likeness (QED) is 0.779. The molecule has 0 aromatic heterocycles. The predicted molar refractivity (Wildman–Crippen MR) is 91.2 cm³/mol. The molecule has 2 N–H and O–H groups in total. The molecule has 23 heavy (non-hydrogen) atoms. The summed E-state index contributed by atoms with van der Waals surface area (Å²) in [5, 5.41) is 0. The first-order valence-corrected chi connectivity index (χ1v) is 8.63. The van der Waals surface area contributed by atoms with E-state index >= 15 is 0 Å². The van der Waals surface area contributed by atoms with Gasteiger partial charge in [-0.3, -0.25) is 9.59 Å². The molecule has 4 rings (SSSR count). The Morgan fingerprint density at radius 3 is 2.22 bits per heavy atom. The molecule has 4 nitrogen and oxygen atoms in total. The standard InChI is InChI=1S/C18H29NO3.ClH/c1-17(2,10-19)15(20)6-14-12-4-11-5-13(14)9-18(7-11,8-12)16(21)22-3;/h11-14H,4-10,19H2,1-3H3;1H. The van der Waals surface area contributed by atoms with Crippen LogP contribution in [0.5, 0.6) is 0 Å². The van der Waals surface area contributed by atoms with E-state index in [0.717, 1.165) is 19.3 Å². The van der Waals surface area contributed by atoms with Crippen LogP contribution in [0.15, 0.2) is 0 Å². The first-order valence-electron chi connectivity index (χ1n) is 8.63. The van der Waals surface area contributed by atoms with Crippen molar-refractivity contribution in [2.75, 3.05) is 13.7 Å². The van der Waals surface area contributed by atoms with Crippen LogP contribution in [0.2, 0.25) is 0 Å². The predicted octanol–water partition coefficient (Wildman–Crippen LogP) is 2.97. The summed E-state index contributed by atoms with van der Waals surface area (Å²) >= 11 is 0. The molecule has 5 heteroatoms. The number of methoxy groups -OCH3 is 1. The van der Waals surface area contributed by atoms with Crippen LogP contribution in [0.1, 0.15) is 52.4 Å². The summed E-state index contributed by atoms with van der Waals surface area (Å²) < 4.78 is 5.10. The lowest BCUT2D eigenvalue weighted by Crippen LogP contribution is -2.55. The van der Waals surface area contributed by atoms with Crippen LogP contribution in [0.4, 0.5) is 0 Å². The Labute approximate surface area is 145 Å². The Bertz CT molecular complexity index is 475. The van der Waals surface area contributed by atoms with Crippen LogP contribution in [-0.2, 0) is 14.3 Å². The molecule has 4 aliphatic carbocycles. The number of Topliss-reactive ketones (excluding diaryl/α,β-unsaturated/α-hetero) is 1. The number of nitrogens with two attached hydrogens (primary N) is 1. The first-order chi connectivity index (χ1) is 10.3. The number of esters is 1. The van der Waals surface area contributed by atoms with Gasteiger partial charge in [0.05, 0.1) is 12.5 Å². The van der Waals surface area contributed by atoms with Gasteiger partial charge in [0, 0.05) is 18.4 Å². The summed E-state index contributed by atoms with van der Waals surface area (Å²) in [5.74, 6) is 2.42. The number of halogens is 1. The van der Waals surface area contributed by atoms with Crippen molar-refractivity contribution in [1.82, 2.24) is 0 Å². The van der Waals surface area contributed by atoms with Crippen LogP contribution in [0.3, 0.4) is 0 Å². The second kappa shape index (κ2) is 6.36. The van der Waals surface area contributed by atoms with E-state index in [0.29, 0.717) is 42.4 Å². The van der Waals surface area contributed by atoms with E-state index in [2.05, 4.69) is 0 Å². The monoisotopic (exact) mass is 343 g/mol. The van der Waals surface area contributed by atoms with Crippen molar-refractivity contribution in [3.05, 3.63) is 0 Å². The molecule has 0 saturated heterocycles. The third-order valence-corrected chi connectivity index (χ3v) is 6.77. The number of ketones is 1. The van der Waals surface area contributed by atoms with E-state index in [-0.39, 0.29) is 23.8 Å². The Morgan fingerprint density at radius 1 is 1.17 bits per heavy atom. The lowest BCUT2D eigenvalue weighted by molar-refractivity contribution is -0.175. The maximum atomic E-state index is 12.6. The van der Waals surface area contributed by atoms with Gasteiger partial charge in [0.25, 0.3) is 0 Å². The average molecular weight is 344 g/mol. The summed E-state index contributed by atoms with van der Waals surface area (Å²) in [7, 11) is 1.51. The van der Waals surface area contributed by atoms with E-state index in [1.54, 1.807) is 0 Å². The molecule has 0 amide bonds. The number of carbonyl (C=O) groups is 2. The van der Waals surface area contributed by atoms with Crippen LogP contribution in [0.25, 0.3) is 0 Å². The summed E-state index contributed by atoms with van der Waals surface area (Å²) in [6, 6.07) is 0. The van der Waals surface area contributed by atoms with E-state index in [4.69, 9.17) is 10.5 Å². The fourth-order valence-electron chi connectivity index (χ4n) is 5.53. The lowest BCUT2D eigenvalue weighted by Gasteiger charge is -2.58. The fraction of sp³-hybridized carbons (Fsp3) is 0.889. The van der Waals surface area contributed by atoms with Gasteiger partial charge in [-0.15, -0.1) is 12.4 Å². The van der Waals surface area contributed by atoms with Gasteiger partial charge in [-0.05, 0) is 55.8 Å². The smallest absolute Gasteiger partial charge is 0.311 e. The first kappa shape index (κ1) is 18.7. The highest BCUT2D eigenvalue weighted by molar-refractivity contribution is 5.85. The van der Waals surface area contributed by atoms with Gasteiger partial charge in [0.15, 0.2) is 0 Å². The highest BCUT2D eigenvalue weighted by Gasteiger charge is 2.59. The average Bonchev–Trinajstić information content (AvgIpc) is 2.49. The van der Waals surface area contributed by atoms with Crippen molar-refractivity contribution >= 4 is 24.2 Å². The van der Waals surface area contributed by atoms with Crippen LogP contribution >= 0.6 is 12.4 Å². The molecule has 4 saturated carbocycles. The number of ether oxygens (including phenoxy) is 1. The Balaban J connectivity index is 0.00000192. The zero-order chi connectivity index (χ0) is 16.1. The van der Waals surface area contributed by atoms with Gasteiger partial charge in [-0.2, -0.15) is 0 Å². The molecule has 0 heterocycles. The maximum absolute atomic E-state index is 12.6. The topological polar surface area (TPSA) is 69.4 Å². The highest BCUT2D eigenvalue weighted by Crippen LogP contribution is 2.63. The van der Waals surface area contributed by atoms with Gasteiger partial charge >= 0.3 is 5.97 Å². The molecular formula is C18H30ClNO3. The van der Waals surface area contributed by atoms with Gasteiger partial charge < -0.3 is 10.5 Å². The lowest BCUT2D eigenvalue weighted by atomic mass is 9.45. The van der Waals surface area contributed by atoms with Crippen molar-refractivity contribution in [2.45, 2.75) is 52.4 Å². The SMILES string of the molecule is COC(=O)C12CC3CC(C1)C(CC(=O)C(C)(C)CN)C(C3)C2.Cl. The van der Waals surface area contributed by atoms with Crippen molar-refractivity contribution in [3.63, 3.8) is 0 Å². The van der Waals surface area contributed by atoms with E-state index in [1.807, 2.05) is 13.8 Å². The molecule has 0 aromatic rings. The van der Waals surface area contributed by atoms with Gasteiger partial charge in [0.2, 0.25) is 0 Å². The van der Waals surface area contributed by atoms with Crippen LogP contribution in [0, 0.1) is 34.5 Å². The van der Waals surface area contributed by atoms with Gasteiger partial charge in [0.1, 0.15) is 5.78 Å². The Hall–Kier alpha value is -0.610. The highest BCUT2D eigenvalue weighted by atomic mass is 35.5. The minimum absolute atomic E-state index is 0. The summed E-state index contributed by atoms with van der Waals surface area (Å²) in [6.07, 6.45) is 5.87. The zero-order valence-electron chi connectivity index (χ0n) is 14.5. The summed E-state index contributed by atoms with van der Waals surface area (Å²) in [6.45, 7) is 4.30. The molecule has 4 fully saturated rings. The van der Waals surface area contributed by atoms with Crippen molar-refractivity contribution in [2.24, 2.45) is 40.2 Å². The Morgan fingerprint density at radius 2 is 1.74 bits per heavy atom. The zero-order valence-corrected chi connectivity index (χ0v) is 15.3. The molecule has 0 spiro atoms. The fourth-order valence-corrected chi connectivity index (χ4v) is 5.53. The Kier molecular flexibility index (Phi) is 5.18. The van der Waals surface area contributed by atoms with Crippen molar-refractivity contribution in [3.8, 4) is 0 Å². The van der Waals surface area contributed by atoms with E-state index in [1.165, 1.54) is 20.0 Å². The number of hydrogen-bond acceptors (Lipinski definition) is 4. The van der Waals surface area contributed by atoms with Crippen LogP contribution < -0.4 is 5.73 Å². The third kappa shape index (κ3) is 3.05. The molecule has 0 aromatic carbocycles. The molecule has 132 valence electrons. The second-order valence-electron chi connectivity index (χ2n) is 8.62. The van der Waals surface area contributed by atoms with Crippen LogP contribution in [-0.4, -0.2) is 25.4 Å². The normalized spacial score (nSPS) is 38.1. The number of hydrogen-bond donors (Lipinski definition) is 1. The van der Waals surface area contributed by atoms with Gasteiger partial charge in [-0.25, -0.2) is 0 Å². The molecule has 0 radical (unpaired) electrons. The molecule has 0 aliphatic heterocycles. The van der Waals surface area contributed by atoms with E-state index in [9.17, 15) is 9.59 Å². The molecule has 4 bridgehead atoms. The summed E-state index contributed by atoms with van der Waals surface area (Å²) in [4.78, 5) is 24.9. The minimum Gasteiger partial charge on any atom is -0.469 e. The maximum Gasteiger partial charge on any atom is 0.311 e. The van der Waals surface area contributed by atoms with Crippen molar-refractivity contribution < 1.29 is 14.3 Å². The molecular weight excluding hydrogens is 314 g/mol. The van der Waals surface area contributed by atoms with Gasteiger partial charge in [-0.1, -0.05) is 13.8 Å². The molecule has 2 atom stereocenters. The number of carbonyl (C=O) groups excluding carboxylic acids is 2. The largest absolute Gasteiger partial charge is 0.469 e. The molecule has 4 aliphatic rings. The minimum atomic E-state index is -0.422. The molecule has 2 unspecified atom stereocenters. The van der Waals surface area contributed by atoms with Crippen molar-refractivity contribution in [1.29, 1.82) is 0 Å². The summed E-state index contributed by atoms with van der Waals surface area (Å²) in [5.41, 5.74) is 5.09. The third-order valence-electron chi connectivity index (χ3n) is 6.77.